The predicted molar refractivity (Wildman–Crippen MR) is 87.8 cm³/mol. The van der Waals surface area contributed by atoms with Crippen molar-refractivity contribution < 1.29 is 9.18 Å². The van der Waals surface area contributed by atoms with Crippen LogP contribution in [0.5, 0.6) is 0 Å². The van der Waals surface area contributed by atoms with Crippen LogP contribution in [0.4, 0.5) is 10.1 Å². The van der Waals surface area contributed by atoms with E-state index < -0.39 is 0 Å². The Bertz CT molecular complexity index is 698. The molecule has 0 bridgehead atoms. The van der Waals surface area contributed by atoms with Crippen molar-refractivity contribution in [2.24, 2.45) is 0 Å². The number of nitrogens with one attached hydrogen (secondary N) is 1. The van der Waals surface area contributed by atoms with Crippen LogP contribution in [-0.2, 0) is 11.2 Å². The van der Waals surface area contributed by atoms with Gasteiger partial charge in [0.25, 0.3) is 0 Å². The summed E-state index contributed by atoms with van der Waals surface area (Å²) in [6, 6.07) is 7.19. The molecular formula is C17H19FN2OS. The molecular weight excluding hydrogens is 299 g/mol. The standard InChI is InChI=1S/C17H19FN2OS/c1-11-3-4-15(14(18)9-11)19-17(21)10-20-7-5-16-13(12(20)2)6-8-22-16/h3-4,6,8-9,12H,5,7,10H2,1-2H3,(H,19,21)/t12-/m1/s1. The van der Waals surface area contributed by atoms with E-state index in [0.717, 1.165) is 18.5 Å². The molecule has 1 N–H and O–H groups in total. The maximum Gasteiger partial charge on any atom is 0.238 e. The van der Waals surface area contributed by atoms with Crippen molar-refractivity contribution in [2.75, 3.05) is 18.4 Å². The van der Waals surface area contributed by atoms with Gasteiger partial charge >= 0.3 is 0 Å². The molecule has 0 saturated carbocycles. The number of nitrogens with zero attached hydrogens (tertiary/aromatic N) is 1. The molecule has 22 heavy (non-hydrogen) atoms. The number of halogens is 1. The predicted octanol–water partition coefficient (Wildman–Crippen LogP) is 3.75. The number of carbonyl (C=O) groups is 1. The van der Waals surface area contributed by atoms with Crippen LogP contribution in [0.2, 0.25) is 0 Å². The minimum Gasteiger partial charge on any atom is -0.322 e. The lowest BCUT2D eigenvalue weighted by Gasteiger charge is -2.32. The first-order valence-electron chi connectivity index (χ1n) is 7.41. The maximum atomic E-state index is 13.8. The van der Waals surface area contributed by atoms with Crippen LogP contribution in [0.15, 0.2) is 29.6 Å². The number of carbonyl (C=O) groups excluding carboxylic acids is 1. The van der Waals surface area contributed by atoms with Gasteiger partial charge in [0.1, 0.15) is 5.82 Å². The Morgan fingerprint density at radius 2 is 2.27 bits per heavy atom. The van der Waals surface area contributed by atoms with Gasteiger partial charge < -0.3 is 5.32 Å². The second-order valence-corrected chi connectivity index (χ2v) is 6.73. The summed E-state index contributed by atoms with van der Waals surface area (Å²) in [7, 11) is 0. The summed E-state index contributed by atoms with van der Waals surface area (Å²) in [5.74, 6) is -0.562. The summed E-state index contributed by atoms with van der Waals surface area (Å²) in [5.41, 5.74) is 2.40. The Balaban J connectivity index is 1.65. The highest BCUT2D eigenvalue weighted by Gasteiger charge is 2.26. The summed E-state index contributed by atoms with van der Waals surface area (Å²) in [5, 5.41) is 4.77. The largest absolute Gasteiger partial charge is 0.322 e. The van der Waals surface area contributed by atoms with E-state index in [1.807, 2.05) is 6.92 Å². The molecule has 1 aromatic carbocycles. The summed E-state index contributed by atoms with van der Waals surface area (Å²) in [4.78, 5) is 15.7. The van der Waals surface area contributed by atoms with Gasteiger partial charge in [0, 0.05) is 17.5 Å². The number of anilines is 1. The van der Waals surface area contributed by atoms with E-state index in [1.165, 1.54) is 16.5 Å². The Kier molecular flexibility index (Phi) is 4.27. The minimum absolute atomic E-state index is 0.173. The number of rotatable bonds is 3. The number of hydrogen-bond acceptors (Lipinski definition) is 3. The monoisotopic (exact) mass is 318 g/mol. The van der Waals surface area contributed by atoms with Crippen molar-refractivity contribution in [1.82, 2.24) is 4.90 Å². The van der Waals surface area contributed by atoms with Gasteiger partial charge in [-0.3, -0.25) is 9.69 Å². The Morgan fingerprint density at radius 1 is 1.45 bits per heavy atom. The molecule has 0 saturated heterocycles. The van der Waals surface area contributed by atoms with Crippen LogP contribution in [0.25, 0.3) is 0 Å². The summed E-state index contributed by atoms with van der Waals surface area (Å²) < 4.78 is 13.8. The SMILES string of the molecule is Cc1ccc(NC(=O)CN2CCc3sccc3[C@H]2C)c(F)c1. The van der Waals surface area contributed by atoms with Crippen LogP contribution in [-0.4, -0.2) is 23.9 Å². The highest BCUT2D eigenvalue weighted by Crippen LogP contribution is 2.32. The van der Waals surface area contributed by atoms with Crippen molar-refractivity contribution >= 4 is 22.9 Å². The average molecular weight is 318 g/mol. The van der Waals surface area contributed by atoms with Crippen molar-refractivity contribution in [3.05, 3.63) is 51.5 Å². The third kappa shape index (κ3) is 3.05. The fraction of sp³-hybridized carbons (Fsp3) is 0.353. The van der Waals surface area contributed by atoms with Gasteiger partial charge in [-0.25, -0.2) is 4.39 Å². The van der Waals surface area contributed by atoms with Gasteiger partial charge in [-0.1, -0.05) is 6.07 Å². The van der Waals surface area contributed by atoms with Crippen LogP contribution in [0.3, 0.4) is 0 Å². The van der Waals surface area contributed by atoms with Crippen molar-refractivity contribution in [2.45, 2.75) is 26.3 Å². The summed E-state index contributed by atoms with van der Waals surface area (Å²) >= 11 is 1.78. The molecule has 0 spiro atoms. The smallest absolute Gasteiger partial charge is 0.238 e. The van der Waals surface area contributed by atoms with Crippen LogP contribution < -0.4 is 5.32 Å². The zero-order valence-electron chi connectivity index (χ0n) is 12.7. The average Bonchev–Trinajstić information content (AvgIpc) is 2.94. The number of aryl methyl sites for hydroxylation is 1. The highest BCUT2D eigenvalue weighted by molar-refractivity contribution is 7.10. The van der Waals surface area contributed by atoms with Gasteiger partial charge in [0.05, 0.1) is 12.2 Å². The van der Waals surface area contributed by atoms with Crippen LogP contribution >= 0.6 is 11.3 Å². The topological polar surface area (TPSA) is 32.3 Å². The van der Waals surface area contributed by atoms with Gasteiger partial charge in [-0.15, -0.1) is 11.3 Å². The quantitative estimate of drug-likeness (QED) is 0.935. The Morgan fingerprint density at radius 3 is 3.05 bits per heavy atom. The van der Waals surface area contributed by atoms with Crippen molar-refractivity contribution in [3.63, 3.8) is 0 Å². The summed E-state index contributed by atoms with van der Waals surface area (Å²) in [6.07, 6.45) is 0.976. The number of thiophene rings is 1. The van der Waals surface area contributed by atoms with E-state index in [1.54, 1.807) is 23.5 Å². The fourth-order valence-corrected chi connectivity index (χ4v) is 3.84. The molecule has 3 rings (SSSR count). The molecule has 2 heterocycles. The molecule has 1 atom stereocenters. The first-order chi connectivity index (χ1) is 10.5. The van der Waals surface area contributed by atoms with Crippen molar-refractivity contribution in [1.29, 1.82) is 0 Å². The molecule has 1 aliphatic rings. The molecule has 2 aromatic rings. The first-order valence-corrected chi connectivity index (χ1v) is 8.29. The van der Waals surface area contributed by atoms with E-state index >= 15 is 0 Å². The molecule has 3 nitrogen and oxygen atoms in total. The lowest BCUT2D eigenvalue weighted by Crippen LogP contribution is -2.39. The second kappa shape index (κ2) is 6.18. The second-order valence-electron chi connectivity index (χ2n) is 5.73. The van der Waals surface area contributed by atoms with E-state index in [4.69, 9.17) is 0 Å². The van der Waals surface area contributed by atoms with Crippen LogP contribution in [0.1, 0.15) is 29.0 Å². The minimum atomic E-state index is -0.389. The van der Waals surface area contributed by atoms with Gasteiger partial charge in [-0.2, -0.15) is 0 Å². The van der Waals surface area contributed by atoms with Gasteiger partial charge in [0.2, 0.25) is 5.91 Å². The summed E-state index contributed by atoms with van der Waals surface area (Å²) in [6.45, 7) is 5.08. The molecule has 1 amide bonds. The van der Waals surface area contributed by atoms with E-state index in [0.29, 0.717) is 0 Å². The molecule has 1 aliphatic heterocycles. The lowest BCUT2D eigenvalue weighted by atomic mass is 10.0. The Hall–Kier alpha value is -1.72. The molecule has 0 radical (unpaired) electrons. The first kappa shape index (κ1) is 15.2. The molecule has 1 aromatic heterocycles. The number of amides is 1. The number of hydrogen-bond donors (Lipinski definition) is 1. The van der Waals surface area contributed by atoms with E-state index in [9.17, 15) is 9.18 Å². The zero-order valence-corrected chi connectivity index (χ0v) is 13.5. The number of fused-ring (bicyclic) bond motifs is 1. The van der Waals surface area contributed by atoms with E-state index in [2.05, 4.69) is 28.6 Å². The van der Waals surface area contributed by atoms with Crippen LogP contribution in [0, 0.1) is 12.7 Å². The zero-order chi connectivity index (χ0) is 15.7. The molecule has 0 fully saturated rings. The fourth-order valence-electron chi connectivity index (χ4n) is 2.87. The normalized spacial score (nSPS) is 18.0. The lowest BCUT2D eigenvalue weighted by molar-refractivity contribution is -0.117. The molecule has 116 valence electrons. The third-order valence-corrected chi connectivity index (χ3v) is 5.15. The maximum absolute atomic E-state index is 13.8. The highest BCUT2D eigenvalue weighted by atomic mass is 32.1. The van der Waals surface area contributed by atoms with E-state index in [-0.39, 0.29) is 30.0 Å². The molecule has 0 aliphatic carbocycles. The molecule has 5 heteroatoms. The van der Waals surface area contributed by atoms with Gasteiger partial charge in [0.15, 0.2) is 0 Å². The van der Waals surface area contributed by atoms with Crippen molar-refractivity contribution in [3.8, 4) is 0 Å². The van der Waals surface area contributed by atoms with Gasteiger partial charge in [-0.05, 0) is 55.0 Å². The third-order valence-electron chi connectivity index (χ3n) is 4.15. The molecule has 0 unspecified atom stereocenters. The Labute approximate surface area is 133 Å². The number of benzene rings is 1.